The molecule has 0 amide bonds. The van der Waals surface area contributed by atoms with Crippen molar-refractivity contribution < 1.29 is 19.5 Å². The van der Waals surface area contributed by atoms with Crippen LogP contribution < -0.4 is 4.90 Å². The summed E-state index contributed by atoms with van der Waals surface area (Å²) in [6.07, 6.45) is 4.20. The second-order valence-corrected chi connectivity index (χ2v) is 6.29. The molecule has 1 atom stereocenters. The average Bonchev–Trinajstić information content (AvgIpc) is 2.61. The number of ether oxygens (including phenoxy) is 1. The number of hydrogen-bond donors (Lipinski definition) is 2. The van der Waals surface area contributed by atoms with E-state index in [1.807, 2.05) is 42.5 Å². The first-order valence-corrected chi connectivity index (χ1v) is 8.74. The summed E-state index contributed by atoms with van der Waals surface area (Å²) in [6, 6.07) is 13.6. The molecule has 140 valence electrons. The van der Waals surface area contributed by atoms with E-state index < -0.39 is 5.97 Å². The lowest BCUT2D eigenvalue weighted by Crippen LogP contribution is -3.06. The predicted molar refractivity (Wildman–Crippen MR) is 104 cm³/mol. The first-order chi connectivity index (χ1) is 12.4. The molecule has 2 N–H and O–H groups in total. The number of quaternary nitrogens is 1. The third kappa shape index (κ3) is 8.76. The topological polar surface area (TPSA) is 63.9 Å². The van der Waals surface area contributed by atoms with Gasteiger partial charge < -0.3 is 14.7 Å². The van der Waals surface area contributed by atoms with Gasteiger partial charge in [-0.1, -0.05) is 35.9 Å². The molecular weight excluding hydrogens is 352 g/mol. The Labute approximate surface area is 159 Å². The van der Waals surface area contributed by atoms with E-state index >= 15 is 0 Å². The van der Waals surface area contributed by atoms with Gasteiger partial charge in [-0.15, -0.1) is 0 Å². The average molecular weight is 378 g/mol. The molecular formula is C20H26ClN2O3+. The molecule has 2 aromatic rings. The minimum atomic E-state index is -0.891. The van der Waals surface area contributed by atoms with E-state index in [4.69, 9.17) is 21.4 Å². The number of allylic oxidation sites excluding steroid dienone is 1. The SMILES string of the molecule is C/C=C/C(=O)O.C[NH+](C)CCOC(c1ccc(Cl)cc1)c1ccccn1. The van der Waals surface area contributed by atoms with Crippen molar-refractivity contribution >= 4 is 17.6 Å². The number of rotatable bonds is 7. The van der Waals surface area contributed by atoms with Gasteiger partial charge in [0.1, 0.15) is 12.6 Å². The molecule has 1 aromatic heterocycles. The Morgan fingerprint density at radius 2 is 1.96 bits per heavy atom. The van der Waals surface area contributed by atoms with Crippen molar-refractivity contribution in [2.24, 2.45) is 0 Å². The zero-order valence-electron chi connectivity index (χ0n) is 15.4. The lowest BCUT2D eigenvalue weighted by molar-refractivity contribution is -0.858. The largest absolute Gasteiger partial charge is 0.478 e. The van der Waals surface area contributed by atoms with Crippen LogP contribution in [0.2, 0.25) is 5.02 Å². The summed E-state index contributed by atoms with van der Waals surface area (Å²) in [5.74, 6) is -0.891. The molecule has 6 heteroatoms. The van der Waals surface area contributed by atoms with Gasteiger partial charge in [0.05, 0.1) is 26.4 Å². The van der Waals surface area contributed by atoms with E-state index in [2.05, 4.69) is 19.1 Å². The summed E-state index contributed by atoms with van der Waals surface area (Å²) in [7, 11) is 4.23. The maximum atomic E-state index is 9.51. The Morgan fingerprint density at radius 3 is 2.42 bits per heavy atom. The number of halogens is 1. The highest BCUT2D eigenvalue weighted by atomic mass is 35.5. The second-order valence-electron chi connectivity index (χ2n) is 5.85. The fraction of sp³-hybridized carbons (Fsp3) is 0.300. The number of aliphatic carboxylic acids is 1. The molecule has 0 aliphatic carbocycles. The highest BCUT2D eigenvalue weighted by Crippen LogP contribution is 2.25. The van der Waals surface area contributed by atoms with Gasteiger partial charge in [-0.2, -0.15) is 0 Å². The molecule has 1 aromatic carbocycles. The molecule has 5 nitrogen and oxygen atoms in total. The van der Waals surface area contributed by atoms with Crippen LogP contribution in [0.1, 0.15) is 24.3 Å². The number of hydrogen-bond acceptors (Lipinski definition) is 3. The maximum absolute atomic E-state index is 9.51. The Hall–Kier alpha value is -2.21. The molecule has 26 heavy (non-hydrogen) atoms. The molecule has 0 aliphatic rings. The number of aromatic nitrogens is 1. The van der Waals surface area contributed by atoms with Gasteiger partial charge in [0.2, 0.25) is 0 Å². The Balaban J connectivity index is 0.000000487. The summed E-state index contributed by atoms with van der Waals surface area (Å²) in [5, 5.41) is 8.55. The number of nitrogens with one attached hydrogen (secondary N) is 1. The summed E-state index contributed by atoms with van der Waals surface area (Å²) < 4.78 is 6.04. The normalized spacial score (nSPS) is 11.9. The van der Waals surface area contributed by atoms with Crippen molar-refractivity contribution in [3.63, 3.8) is 0 Å². The lowest BCUT2D eigenvalue weighted by atomic mass is 10.1. The molecule has 1 unspecified atom stereocenters. The first kappa shape index (κ1) is 21.8. The van der Waals surface area contributed by atoms with E-state index in [-0.39, 0.29) is 6.10 Å². The Morgan fingerprint density at radius 1 is 1.27 bits per heavy atom. The quantitative estimate of drug-likeness (QED) is 0.728. The van der Waals surface area contributed by atoms with Crippen LogP contribution in [0.3, 0.4) is 0 Å². The van der Waals surface area contributed by atoms with Crippen LogP contribution in [0, 0.1) is 0 Å². The van der Waals surface area contributed by atoms with Gasteiger partial charge in [0, 0.05) is 17.3 Å². The standard InChI is InChI=1S/C16H19ClN2O.C4H6O2/c1-19(2)11-12-20-16(15-5-3-4-10-18-15)13-6-8-14(17)9-7-13;1-2-3-4(5)6/h3-10,16H,11-12H2,1-2H3;2-3H,1H3,(H,5,6)/p+1/b;3-2+. The van der Waals surface area contributed by atoms with Crippen LogP contribution in [0.15, 0.2) is 60.8 Å². The molecule has 2 rings (SSSR count). The molecule has 0 fully saturated rings. The maximum Gasteiger partial charge on any atom is 0.327 e. The third-order valence-corrected chi connectivity index (χ3v) is 3.58. The number of carbonyl (C=O) groups is 1. The highest BCUT2D eigenvalue weighted by Gasteiger charge is 2.16. The number of pyridine rings is 1. The van der Waals surface area contributed by atoms with Crippen molar-refractivity contribution in [1.82, 2.24) is 4.98 Å². The molecule has 0 saturated carbocycles. The molecule has 0 spiro atoms. The number of nitrogens with zero attached hydrogens (tertiary/aromatic N) is 1. The molecule has 0 aliphatic heterocycles. The summed E-state index contributed by atoms with van der Waals surface area (Å²) in [4.78, 5) is 15.3. The van der Waals surface area contributed by atoms with E-state index in [1.165, 1.54) is 11.0 Å². The van der Waals surface area contributed by atoms with Gasteiger partial charge in [-0.25, -0.2) is 4.79 Å². The molecule has 0 saturated heterocycles. The van der Waals surface area contributed by atoms with Crippen molar-refractivity contribution in [3.8, 4) is 0 Å². The van der Waals surface area contributed by atoms with E-state index in [0.717, 1.165) is 28.9 Å². The summed E-state index contributed by atoms with van der Waals surface area (Å²) >= 11 is 5.95. The van der Waals surface area contributed by atoms with Gasteiger partial charge in [0.15, 0.2) is 0 Å². The lowest BCUT2D eigenvalue weighted by Gasteiger charge is -2.18. The van der Waals surface area contributed by atoms with Gasteiger partial charge in [-0.05, 0) is 36.8 Å². The third-order valence-electron chi connectivity index (χ3n) is 3.32. The van der Waals surface area contributed by atoms with Gasteiger partial charge in [-0.3, -0.25) is 4.98 Å². The first-order valence-electron chi connectivity index (χ1n) is 8.36. The predicted octanol–water partition coefficient (Wildman–Crippen LogP) is 2.63. The van der Waals surface area contributed by atoms with E-state index in [0.29, 0.717) is 6.61 Å². The fourth-order valence-electron chi connectivity index (χ4n) is 2.04. The van der Waals surface area contributed by atoms with Crippen molar-refractivity contribution in [1.29, 1.82) is 0 Å². The van der Waals surface area contributed by atoms with Gasteiger partial charge >= 0.3 is 5.97 Å². The van der Waals surface area contributed by atoms with E-state index in [1.54, 1.807) is 13.1 Å². The molecule has 1 heterocycles. The van der Waals surface area contributed by atoms with Crippen LogP contribution in [0.4, 0.5) is 0 Å². The van der Waals surface area contributed by atoms with Gasteiger partial charge in [0.25, 0.3) is 0 Å². The van der Waals surface area contributed by atoms with Crippen LogP contribution >= 0.6 is 11.6 Å². The van der Waals surface area contributed by atoms with Crippen LogP contribution in [0.25, 0.3) is 0 Å². The smallest absolute Gasteiger partial charge is 0.327 e. The minimum absolute atomic E-state index is 0.146. The summed E-state index contributed by atoms with van der Waals surface area (Å²) in [5.41, 5.74) is 1.99. The zero-order chi connectivity index (χ0) is 19.4. The Kier molecular flexibility index (Phi) is 10.2. The van der Waals surface area contributed by atoms with E-state index in [9.17, 15) is 4.79 Å². The summed E-state index contributed by atoms with van der Waals surface area (Å²) in [6.45, 7) is 3.30. The number of benzene rings is 1. The van der Waals surface area contributed by atoms with Crippen LogP contribution in [0.5, 0.6) is 0 Å². The van der Waals surface area contributed by atoms with Crippen molar-refractivity contribution in [3.05, 3.63) is 77.1 Å². The minimum Gasteiger partial charge on any atom is -0.478 e. The van der Waals surface area contributed by atoms with Crippen molar-refractivity contribution in [2.75, 3.05) is 27.2 Å². The zero-order valence-corrected chi connectivity index (χ0v) is 16.1. The fourth-order valence-corrected chi connectivity index (χ4v) is 2.17. The highest BCUT2D eigenvalue weighted by molar-refractivity contribution is 6.30. The van der Waals surface area contributed by atoms with Crippen molar-refractivity contribution in [2.45, 2.75) is 13.0 Å². The second kappa shape index (κ2) is 12.2. The van der Waals surface area contributed by atoms with Crippen LogP contribution in [-0.2, 0) is 9.53 Å². The van der Waals surface area contributed by atoms with Crippen LogP contribution in [-0.4, -0.2) is 43.3 Å². The Bertz CT molecular complexity index is 673. The molecule has 0 radical (unpaired) electrons. The monoisotopic (exact) mass is 377 g/mol. The molecule has 0 bridgehead atoms. The number of likely N-dealkylation sites (N-methyl/N-ethyl adjacent to an activating group) is 1. The number of carboxylic acid groups (broad SMARTS) is 1. The number of carboxylic acids is 1.